The molecule has 0 fully saturated rings. The first kappa shape index (κ1) is 13.8. The molecule has 0 unspecified atom stereocenters. The molecule has 0 bridgehead atoms. The number of nitrogens with zero attached hydrogens (tertiary/aromatic N) is 4. The quantitative estimate of drug-likeness (QED) is 0.696. The van der Waals surface area contributed by atoms with Crippen LogP contribution < -0.4 is 0 Å². The van der Waals surface area contributed by atoms with Crippen LogP contribution in [0.3, 0.4) is 0 Å². The fourth-order valence-corrected chi connectivity index (χ4v) is 2.53. The Bertz CT molecular complexity index is 729. The third-order valence-electron chi connectivity index (χ3n) is 3.48. The summed E-state index contributed by atoms with van der Waals surface area (Å²) in [5.41, 5.74) is 2.15. The summed E-state index contributed by atoms with van der Waals surface area (Å²) in [4.78, 5) is 9.18. The molecule has 0 aliphatic rings. The number of rotatable bonds is 6. The number of aromatic nitrogens is 4. The molecule has 2 heterocycles. The lowest BCUT2D eigenvalue weighted by Gasteiger charge is -2.05. The Kier molecular flexibility index (Phi) is 3.99. The van der Waals surface area contributed by atoms with E-state index < -0.39 is 0 Å². The summed E-state index contributed by atoms with van der Waals surface area (Å²) in [5, 5.41) is 4.08. The highest BCUT2D eigenvalue weighted by molar-refractivity contribution is 5.76. The summed E-state index contributed by atoms with van der Waals surface area (Å²) in [7, 11) is 0. The zero-order valence-corrected chi connectivity index (χ0v) is 12.5. The zero-order valence-electron chi connectivity index (χ0n) is 12.5. The lowest BCUT2D eigenvalue weighted by Crippen LogP contribution is -2.06. The van der Waals surface area contributed by atoms with E-state index in [4.69, 9.17) is 9.51 Å². The van der Waals surface area contributed by atoms with E-state index in [9.17, 15) is 0 Å². The molecule has 5 heteroatoms. The van der Waals surface area contributed by atoms with Crippen molar-refractivity contribution in [3.63, 3.8) is 0 Å². The Balaban J connectivity index is 1.95. The van der Waals surface area contributed by atoms with Crippen LogP contribution >= 0.6 is 0 Å². The van der Waals surface area contributed by atoms with E-state index in [1.165, 1.54) is 0 Å². The van der Waals surface area contributed by atoms with E-state index in [1.54, 1.807) is 0 Å². The Morgan fingerprint density at radius 2 is 1.86 bits per heavy atom. The second kappa shape index (κ2) is 6.08. The van der Waals surface area contributed by atoms with Crippen LogP contribution in [-0.4, -0.2) is 19.7 Å². The highest BCUT2D eigenvalue weighted by atomic mass is 16.5. The fourth-order valence-electron chi connectivity index (χ4n) is 2.53. The SMILES string of the molecule is CCCc1nc(Cn2c(CCC)nc3ccccc32)no1. The maximum Gasteiger partial charge on any atom is 0.226 e. The molecule has 0 aliphatic carbocycles. The van der Waals surface area contributed by atoms with Crippen molar-refractivity contribution < 1.29 is 4.52 Å². The van der Waals surface area contributed by atoms with Gasteiger partial charge in [0.1, 0.15) is 5.82 Å². The van der Waals surface area contributed by atoms with Crippen LogP contribution in [0.4, 0.5) is 0 Å². The summed E-state index contributed by atoms with van der Waals surface area (Å²) < 4.78 is 7.46. The number of imidazole rings is 1. The van der Waals surface area contributed by atoms with Crippen molar-refractivity contribution in [2.45, 2.75) is 46.1 Å². The minimum atomic E-state index is 0.614. The first-order valence-corrected chi connectivity index (χ1v) is 7.57. The molecular weight excluding hydrogens is 264 g/mol. The molecule has 3 rings (SSSR count). The number of hydrogen-bond donors (Lipinski definition) is 0. The lowest BCUT2D eigenvalue weighted by molar-refractivity contribution is 0.371. The lowest BCUT2D eigenvalue weighted by atomic mass is 10.3. The molecule has 0 N–H and O–H groups in total. The maximum absolute atomic E-state index is 5.27. The molecule has 0 spiro atoms. The summed E-state index contributed by atoms with van der Waals surface area (Å²) in [5.74, 6) is 2.52. The molecule has 110 valence electrons. The second-order valence-electron chi connectivity index (χ2n) is 5.21. The number of fused-ring (bicyclic) bond motifs is 1. The first-order chi connectivity index (χ1) is 10.3. The molecular formula is C16H20N4O. The topological polar surface area (TPSA) is 56.7 Å². The van der Waals surface area contributed by atoms with Gasteiger partial charge in [-0.15, -0.1) is 0 Å². The molecule has 5 nitrogen and oxygen atoms in total. The van der Waals surface area contributed by atoms with Gasteiger partial charge >= 0.3 is 0 Å². The Hall–Kier alpha value is -2.17. The molecule has 0 saturated heterocycles. The van der Waals surface area contributed by atoms with E-state index in [0.29, 0.717) is 12.4 Å². The van der Waals surface area contributed by atoms with E-state index in [2.05, 4.69) is 34.6 Å². The van der Waals surface area contributed by atoms with Crippen LogP contribution in [0.2, 0.25) is 0 Å². The first-order valence-electron chi connectivity index (χ1n) is 7.57. The van der Waals surface area contributed by atoms with Gasteiger partial charge in [0.25, 0.3) is 0 Å². The van der Waals surface area contributed by atoms with Crippen LogP contribution in [0.25, 0.3) is 11.0 Å². The van der Waals surface area contributed by atoms with Gasteiger partial charge < -0.3 is 9.09 Å². The molecule has 0 amide bonds. The van der Waals surface area contributed by atoms with Crippen molar-refractivity contribution in [3.8, 4) is 0 Å². The Morgan fingerprint density at radius 3 is 2.67 bits per heavy atom. The van der Waals surface area contributed by atoms with Crippen molar-refractivity contribution in [1.82, 2.24) is 19.7 Å². The molecule has 0 saturated carbocycles. The molecule has 3 aromatic rings. The third kappa shape index (κ3) is 2.82. The maximum atomic E-state index is 5.27. The molecule has 0 aliphatic heterocycles. The standard InChI is InChI=1S/C16H20N4O/c1-3-7-15-17-12-9-5-6-10-13(12)20(15)11-14-18-16(8-4-2)21-19-14/h5-6,9-10H,3-4,7-8,11H2,1-2H3. The van der Waals surface area contributed by atoms with Crippen LogP contribution in [0.1, 0.15) is 44.2 Å². The summed E-state index contributed by atoms with van der Waals surface area (Å²) >= 11 is 0. The van der Waals surface area contributed by atoms with Crippen molar-refractivity contribution in [2.24, 2.45) is 0 Å². The van der Waals surface area contributed by atoms with Gasteiger partial charge in [0.15, 0.2) is 5.82 Å². The molecule has 0 atom stereocenters. The van der Waals surface area contributed by atoms with Gasteiger partial charge in [-0.3, -0.25) is 0 Å². The molecule has 21 heavy (non-hydrogen) atoms. The van der Waals surface area contributed by atoms with Crippen LogP contribution in [0.5, 0.6) is 0 Å². The third-order valence-corrected chi connectivity index (χ3v) is 3.48. The summed E-state index contributed by atoms with van der Waals surface area (Å²) in [6.45, 7) is 4.88. The number of para-hydroxylation sites is 2. The average Bonchev–Trinajstić information content (AvgIpc) is 3.06. The van der Waals surface area contributed by atoms with E-state index in [1.807, 2.05) is 18.2 Å². The average molecular weight is 284 g/mol. The fraction of sp³-hybridized carbons (Fsp3) is 0.438. The van der Waals surface area contributed by atoms with Gasteiger partial charge in [0, 0.05) is 12.8 Å². The largest absolute Gasteiger partial charge is 0.339 e. The van der Waals surface area contributed by atoms with E-state index in [0.717, 1.165) is 48.4 Å². The molecule has 2 aromatic heterocycles. The minimum Gasteiger partial charge on any atom is -0.339 e. The van der Waals surface area contributed by atoms with Gasteiger partial charge in [0.05, 0.1) is 17.6 Å². The van der Waals surface area contributed by atoms with Gasteiger partial charge in [-0.2, -0.15) is 4.98 Å². The van der Waals surface area contributed by atoms with Gasteiger partial charge in [-0.25, -0.2) is 4.98 Å². The molecule has 1 aromatic carbocycles. The van der Waals surface area contributed by atoms with Crippen molar-refractivity contribution in [3.05, 3.63) is 41.8 Å². The van der Waals surface area contributed by atoms with Crippen molar-refractivity contribution >= 4 is 11.0 Å². The van der Waals surface area contributed by atoms with E-state index >= 15 is 0 Å². The van der Waals surface area contributed by atoms with Gasteiger partial charge in [0.2, 0.25) is 5.89 Å². The summed E-state index contributed by atoms with van der Waals surface area (Å²) in [6, 6.07) is 8.19. The van der Waals surface area contributed by atoms with Crippen molar-refractivity contribution in [2.75, 3.05) is 0 Å². The smallest absolute Gasteiger partial charge is 0.226 e. The number of hydrogen-bond acceptors (Lipinski definition) is 4. The monoisotopic (exact) mass is 284 g/mol. The predicted molar refractivity (Wildman–Crippen MR) is 81.1 cm³/mol. The Labute approximate surface area is 124 Å². The summed E-state index contributed by atoms with van der Waals surface area (Å²) in [6.07, 6.45) is 3.86. The van der Waals surface area contributed by atoms with Crippen LogP contribution in [0, 0.1) is 0 Å². The normalized spacial score (nSPS) is 11.3. The predicted octanol–water partition coefficient (Wildman–Crippen LogP) is 3.37. The van der Waals surface area contributed by atoms with E-state index in [-0.39, 0.29) is 0 Å². The van der Waals surface area contributed by atoms with Crippen LogP contribution in [-0.2, 0) is 19.4 Å². The number of aryl methyl sites for hydroxylation is 2. The highest BCUT2D eigenvalue weighted by Gasteiger charge is 2.13. The molecule has 0 radical (unpaired) electrons. The van der Waals surface area contributed by atoms with Gasteiger partial charge in [-0.05, 0) is 25.0 Å². The zero-order chi connectivity index (χ0) is 14.7. The minimum absolute atomic E-state index is 0.614. The number of benzene rings is 1. The highest BCUT2D eigenvalue weighted by Crippen LogP contribution is 2.18. The van der Waals surface area contributed by atoms with Crippen molar-refractivity contribution in [1.29, 1.82) is 0 Å². The van der Waals surface area contributed by atoms with Crippen LogP contribution in [0.15, 0.2) is 28.8 Å². The Morgan fingerprint density at radius 1 is 1.05 bits per heavy atom. The second-order valence-corrected chi connectivity index (χ2v) is 5.21. The van der Waals surface area contributed by atoms with Gasteiger partial charge in [-0.1, -0.05) is 31.1 Å².